The van der Waals surface area contributed by atoms with Crippen molar-refractivity contribution in [3.05, 3.63) is 0 Å². The molecule has 0 heterocycles. The Morgan fingerprint density at radius 1 is 1.23 bits per heavy atom. The van der Waals surface area contributed by atoms with Crippen LogP contribution in [-0.4, -0.2) is 17.7 Å². The van der Waals surface area contributed by atoms with Crippen molar-refractivity contribution in [3.63, 3.8) is 0 Å². The van der Waals surface area contributed by atoms with E-state index in [1.54, 1.807) is 6.92 Å². The van der Waals surface area contributed by atoms with Gasteiger partial charge in [0.25, 0.3) is 0 Å². The van der Waals surface area contributed by atoms with E-state index < -0.39 is 0 Å². The minimum Gasteiger partial charge on any atom is -0.347 e. The first kappa shape index (κ1) is 12.1. The third-order valence-corrected chi connectivity index (χ3v) is 1.94. The fraction of sp³-hybridized carbons (Fsp3) is 0.800. The summed E-state index contributed by atoms with van der Waals surface area (Å²) in [6, 6.07) is -0.348. The minimum absolute atomic E-state index is 0.00195. The van der Waals surface area contributed by atoms with E-state index in [-0.39, 0.29) is 17.7 Å². The normalized spacial score (nSPS) is 12.7. The van der Waals surface area contributed by atoms with Crippen molar-refractivity contribution in [2.75, 3.05) is 0 Å². The molecule has 0 aliphatic heterocycles. The van der Waals surface area contributed by atoms with E-state index in [9.17, 15) is 9.59 Å². The van der Waals surface area contributed by atoms with Gasteiger partial charge in [-0.3, -0.25) is 9.59 Å². The summed E-state index contributed by atoms with van der Waals surface area (Å²) in [7, 11) is 0. The molecule has 0 saturated carbocycles. The zero-order valence-corrected chi connectivity index (χ0v) is 8.89. The van der Waals surface area contributed by atoms with Crippen LogP contribution in [0.2, 0.25) is 0 Å². The smallest absolute Gasteiger partial charge is 0.220 e. The molecule has 3 nitrogen and oxygen atoms in total. The molecule has 1 atom stereocenters. The van der Waals surface area contributed by atoms with Gasteiger partial charge in [-0.25, -0.2) is 0 Å². The molecule has 0 bridgehead atoms. The summed E-state index contributed by atoms with van der Waals surface area (Å²) in [5, 5.41) is 2.65. The summed E-state index contributed by atoms with van der Waals surface area (Å²) in [5.74, 6) is 0.493. The number of amides is 1. The molecule has 0 aromatic rings. The summed E-state index contributed by atoms with van der Waals surface area (Å²) in [5.41, 5.74) is 0. The fourth-order valence-corrected chi connectivity index (χ4v) is 0.835. The van der Waals surface area contributed by atoms with Crippen LogP contribution in [0, 0.1) is 5.92 Å². The molecule has 0 saturated heterocycles. The van der Waals surface area contributed by atoms with E-state index in [0.29, 0.717) is 12.3 Å². The van der Waals surface area contributed by atoms with Crippen molar-refractivity contribution in [2.45, 2.75) is 46.6 Å². The van der Waals surface area contributed by atoms with Gasteiger partial charge in [-0.2, -0.15) is 0 Å². The molecule has 0 fully saturated rings. The van der Waals surface area contributed by atoms with Gasteiger partial charge in [0.1, 0.15) is 0 Å². The Bertz CT molecular complexity index is 187. The van der Waals surface area contributed by atoms with E-state index in [1.807, 2.05) is 0 Å². The summed E-state index contributed by atoms with van der Waals surface area (Å²) >= 11 is 0. The van der Waals surface area contributed by atoms with Gasteiger partial charge in [-0.15, -0.1) is 0 Å². The third kappa shape index (κ3) is 6.31. The number of carbonyl (C=O) groups excluding carboxylic acids is 2. The maximum Gasteiger partial charge on any atom is 0.220 e. The van der Waals surface area contributed by atoms with Gasteiger partial charge in [0.2, 0.25) is 5.91 Å². The van der Waals surface area contributed by atoms with Crippen molar-refractivity contribution in [2.24, 2.45) is 5.92 Å². The third-order valence-electron chi connectivity index (χ3n) is 1.94. The highest BCUT2D eigenvalue weighted by atomic mass is 16.2. The standard InChI is InChI=1S/C10H19NO2/c1-7(2)5-6-10(13)11-8(3)9(4)12/h7-8H,5-6H2,1-4H3,(H,11,13). The van der Waals surface area contributed by atoms with E-state index in [1.165, 1.54) is 6.92 Å². The number of hydrogen-bond donors (Lipinski definition) is 1. The molecule has 13 heavy (non-hydrogen) atoms. The molecule has 1 unspecified atom stereocenters. The molecule has 3 heteroatoms. The van der Waals surface area contributed by atoms with Crippen molar-refractivity contribution in [1.82, 2.24) is 5.32 Å². The van der Waals surface area contributed by atoms with Crippen LogP contribution in [0.25, 0.3) is 0 Å². The highest BCUT2D eigenvalue weighted by Gasteiger charge is 2.10. The van der Waals surface area contributed by atoms with Gasteiger partial charge in [-0.1, -0.05) is 13.8 Å². The van der Waals surface area contributed by atoms with Crippen molar-refractivity contribution >= 4 is 11.7 Å². The average molecular weight is 185 g/mol. The van der Waals surface area contributed by atoms with Crippen LogP contribution in [-0.2, 0) is 9.59 Å². The summed E-state index contributed by atoms with van der Waals surface area (Å²) in [6.07, 6.45) is 1.38. The summed E-state index contributed by atoms with van der Waals surface area (Å²) in [6.45, 7) is 7.33. The van der Waals surface area contributed by atoms with Crippen LogP contribution in [0.15, 0.2) is 0 Å². The molecule has 76 valence electrons. The lowest BCUT2D eigenvalue weighted by Crippen LogP contribution is -2.37. The first-order valence-corrected chi connectivity index (χ1v) is 4.73. The van der Waals surface area contributed by atoms with Crippen LogP contribution in [0.5, 0.6) is 0 Å². The summed E-state index contributed by atoms with van der Waals surface area (Å²) < 4.78 is 0. The zero-order valence-electron chi connectivity index (χ0n) is 8.89. The van der Waals surface area contributed by atoms with E-state index in [0.717, 1.165) is 6.42 Å². The fourth-order valence-electron chi connectivity index (χ4n) is 0.835. The van der Waals surface area contributed by atoms with E-state index in [4.69, 9.17) is 0 Å². The molecular weight excluding hydrogens is 166 g/mol. The van der Waals surface area contributed by atoms with Gasteiger partial charge in [0.05, 0.1) is 6.04 Å². The monoisotopic (exact) mass is 185 g/mol. The summed E-state index contributed by atoms with van der Waals surface area (Å²) in [4.78, 5) is 22.0. The van der Waals surface area contributed by atoms with Crippen molar-refractivity contribution in [1.29, 1.82) is 0 Å². The van der Waals surface area contributed by atoms with Crippen LogP contribution in [0.4, 0.5) is 0 Å². The van der Waals surface area contributed by atoms with Gasteiger partial charge in [0.15, 0.2) is 5.78 Å². The predicted octanol–water partition coefficient (Wildman–Crippen LogP) is 1.52. The SMILES string of the molecule is CC(=O)C(C)NC(=O)CCC(C)C. The van der Waals surface area contributed by atoms with Gasteiger partial charge in [-0.05, 0) is 26.2 Å². The Balaban J connectivity index is 3.68. The predicted molar refractivity (Wildman–Crippen MR) is 52.4 cm³/mol. The van der Waals surface area contributed by atoms with Crippen LogP contribution in [0.3, 0.4) is 0 Å². The number of hydrogen-bond acceptors (Lipinski definition) is 2. The lowest BCUT2D eigenvalue weighted by Gasteiger charge is -2.10. The van der Waals surface area contributed by atoms with Gasteiger partial charge in [0, 0.05) is 6.42 Å². The highest BCUT2D eigenvalue weighted by Crippen LogP contribution is 2.03. The molecule has 1 N–H and O–H groups in total. The van der Waals surface area contributed by atoms with Crippen LogP contribution in [0.1, 0.15) is 40.5 Å². The Labute approximate surface area is 79.9 Å². The molecular formula is C10H19NO2. The Kier molecular flexibility index (Phi) is 5.35. The van der Waals surface area contributed by atoms with Gasteiger partial charge >= 0.3 is 0 Å². The van der Waals surface area contributed by atoms with Crippen LogP contribution >= 0.6 is 0 Å². The Hall–Kier alpha value is -0.860. The maximum absolute atomic E-state index is 11.2. The first-order valence-electron chi connectivity index (χ1n) is 4.73. The molecule has 0 rings (SSSR count). The Morgan fingerprint density at radius 2 is 1.77 bits per heavy atom. The maximum atomic E-state index is 11.2. The zero-order chi connectivity index (χ0) is 10.4. The molecule has 0 aromatic heterocycles. The largest absolute Gasteiger partial charge is 0.347 e. The van der Waals surface area contributed by atoms with Gasteiger partial charge < -0.3 is 5.32 Å². The highest BCUT2D eigenvalue weighted by molar-refractivity contribution is 5.86. The number of ketones is 1. The quantitative estimate of drug-likeness (QED) is 0.705. The number of nitrogens with one attached hydrogen (secondary N) is 1. The van der Waals surface area contributed by atoms with Crippen molar-refractivity contribution < 1.29 is 9.59 Å². The minimum atomic E-state index is -0.348. The second kappa shape index (κ2) is 5.73. The lowest BCUT2D eigenvalue weighted by molar-refractivity contribution is -0.126. The van der Waals surface area contributed by atoms with E-state index >= 15 is 0 Å². The number of rotatable bonds is 5. The molecule has 0 radical (unpaired) electrons. The second-order valence-electron chi connectivity index (χ2n) is 3.83. The topological polar surface area (TPSA) is 46.2 Å². The molecule has 0 aromatic carbocycles. The first-order chi connectivity index (χ1) is 5.93. The second-order valence-corrected chi connectivity index (χ2v) is 3.83. The average Bonchev–Trinajstić information content (AvgIpc) is 2.00. The molecule has 0 aliphatic carbocycles. The Morgan fingerprint density at radius 3 is 2.15 bits per heavy atom. The van der Waals surface area contributed by atoms with Crippen molar-refractivity contribution in [3.8, 4) is 0 Å². The molecule has 0 aliphatic rings. The van der Waals surface area contributed by atoms with E-state index in [2.05, 4.69) is 19.2 Å². The number of Topliss-reactive ketones (excluding diaryl/α,β-unsaturated/α-hetero) is 1. The lowest BCUT2D eigenvalue weighted by atomic mass is 10.1. The molecule has 1 amide bonds. The number of carbonyl (C=O) groups is 2. The van der Waals surface area contributed by atoms with Crippen LogP contribution < -0.4 is 5.32 Å². The molecule has 0 spiro atoms.